The van der Waals surface area contributed by atoms with Crippen molar-refractivity contribution in [1.29, 1.82) is 0 Å². The van der Waals surface area contributed by atoms with Crippen LogP contribution in [-0.2, 0) is 6.42 Å². The number of rotatable bonds is 6. The molecular weight excluding hydrogens is 424 g/mol. The van der Waals surface area contributed by atoms with E-state index in [0.717, 1.165) is 36.4 Å². The Kier molecular flexibility index (Phi) is 7.43. The van der Waals surface area contributed by atoms with Gasteiger partial charge in [0.25, 0.3) is 5.69 Å². The maximum Gasteiger partial charge on any atom is 0.269 e. The molecule has 1 heterocycles. The van der Waals surface area contributed by atoms with E-state index in [1.54, 1.807) is 26.4 Å². The fourth-order valence-corrected chi connectivity index (χ4v) is 4.11. The SMILES string of the molecule is Br.CCC(c1ccc([N+](=O)[O-])cc1)C1c2cc(OC)c(OC)cc2CCN1C. The normalized spacial score (nSPS) is 17.2. The van der Waals surface area contributed by atoms with Gasteiger partial charge in [-0.3, -0.25) is 15.0 Å². The number of nitrogens with zero attached hydrogens (tertiary/aromatic N) is 2. The van der Waals surface area contributed by atoms with E-state index < -0.39 is 0 Å². The van der Waals surface area contributed by atoms with Gasteiger partial charge in [-0.15, -0.1) is 17.0 Å². The molecule has 6 nitrogen and oxygen atoms in total. The van der Waals surface area contributed by atoms with Gasteiger partial charge in [0.15, 0.2) is 11.5 Å². The highest BCUT2D eigenvalue weighted by Crippen LogP contribution is 2.45. The summed E-state index contributed by atoms with van der Waals surface area (Å²) in [4.78, 5) is 13.0. The molecule has 3 rings (SSSR count). The molecule has 0 N–H and O–H groups in total. The third-order valence-corrected chi connectivity index (χ3v) is 5.53. The van der Waals surface area contributed by atoms with E-state index >= 15 is 0 Å². The van der Waals surface area contributed by atoms with E-state index in [1.165, 1.54) is 11.1 Å². The van der Waals surface area contributed by atoms with Crippen molar-refractivity contribution in [1.82, 2.24) is 4.90 Å². The summed E-state index contributed by atoms with van der Waals surface area (Å²) in [5, 5.41) is 11.0. The first-order chi connectivity index (χ1) is 13.0. The standard InChI is InChI=1S/C21H26N2O4.BrH/c1-5-17(14-6-8-16(9-7-14)23(24)25)21-18-13-20(27-4)19(26-3)12-15(18)10-11-22(21)2;/h6-9,12-13,17,21H,5,10-11H2,1-4H3;1H. The zero-order chi connectivity index (χ0) is 19.6. The predicted octanol–water partition coefficient (Wildman–Crippen LogP) is 4.91. The molecule has 152 valence electrons. The molecule has 1 aliphatic rings. The number of nitro benzene ring substituents is 1. The van der Waals surface area contributed by atoms with Crippen LogP contribution in [0.25, 0.3) is 0 Å². The second-order valence-corrected chi connectivity index (χ2v) is 6.94. The Labute approximate surface area is 176 Å². The van der Waals surface area contributed by atoms with Crippen molar-refractivity contribution in [3.63, 3.8) is 0 Å². The summed E-state index contributed by atoms with van der Waals surface area (Å²) in [7, 11) is 5.44. The smallest absolute Gasteiger partial charge is 0.269 e. The Morgan fingerprint density at radius 1 is 1.18 bits per heavy atom. The average molecular weight is 451 g/mol. The molecule has 0 saturated carbocycles. The lowest BCUT2D eigenvalue weighted by molar-refractivity contribution is -0.384. The molecule has 0 radical (unpaired) electrons. The zero-order valence-corrected chi connectivity index (χ0v) is 18.4. The van der Waals surface area contributed by atoms with E-state index in [2.05, 4.69) is 31.0 Å². The maximum atomic E-state index is 11.0. The molecule has 2 aromatic carbocycles. The van der Waals surface area contributed by atoms with Crippen LogP contribution < -0.4 is 9.47 Å². The third kappa shape index (κ3) is 4.15. The van der Waals surface area contributed by atoms with E-state index in [0.29, 0.717) is 0 Å². The van der Waals surface area contributed by atoms with Crippen LogP contribution in [0.2, 0.25) is 0 Å². The highest BCUT2D eigenvalue weighted by molar-refractivity contribution is 8.93. The highest BCUT2D eigenvalue weighted by atomic mass is 79.9. The van der Waals surface area contributed by atoms with Crippen molar-refractivity contribution in [2.45, 2.75) is 31.7 Å². The first-order valence-electron chi connectivity index (χ1n) is 9.19. The molecule has 2 atom stereocenters. The van der Waals surface area contributed by atoms with Gasteiger partial charge in [-0.05, 0) is 48.7 Å². The molecule has 0 aromatic heterocycles. The van der Waals surface area contributed by atoms with Gasteiger partial charge in [0.1, 0.15) is 0 Å². The predicted molar refractivity (Wildman–Crippen MR) is 115 cm³/mol. The monoisotopic (exact) mass is 450 g/mol. The van der Waals surface area contributed by atoms with Gasteiger partial charge in [-0.2, -0.15) is 0 Å². The lowest BCUT2D eigenvalue weighted by Gasteiger charge is -2.40. The minimum absolute atomic E-state index is 0. The summed E-state index contributed by atoms with van der Waals surface area (Å²) >= 11 is 0. The lowest BCUT2D eigenvalue weighted by atomic mass is 9.80. The molecule has 2 aromatic rings. The highest BCUT2D eigenvalue weighted by Gasteiger charge is 2.33. The molecule has 0 spiro atoms. The number of nitro groups is 1. The first kappa shape index (κ1) is 22.2. The van der Waals surface area contributed by atoms with E-state index in [1.807, 2.05) is 12.1 Å². The molecule has 0 saturated heterocycles. The fourth-order valence-electron chi connectivity index (χ4n) is 4.11. The number of fused-ring (bicyclic) bond motifs is 1. The second-order valence-electron chi connectivity index (χ2n) is 6.94. The number of likely N-dealkylation sites (N-methyl/N-ethyl adjacent to an activating group) is 1. The summed E-state index contributed by atoms with van der Waals surface area (Å²) < 4.78 is 11.0. The summed E-state index contributed by atoms with van der Waals surface area (Å²) in [5.41, 5.74) is 3.75. The van der Waals surface area contributed by atoms with Crippen LogP contribution in [0.4, 0.5) is 5.69 Å². The van der Waals surface area contributed by atoms with Crippen molar-refractivity contribution >= 4 is 22.7 Å². The first-order valence-corrected chi connectivity index (χ1v) is 9.19. The number of hydrogen-bond acceptors (Lipinski definition) is 5. The van der Waals surface area contributed by atoms with Gasteiger partial charge in [-0.1, -0.05) is 19.1 Å². The minimum Gasteiger partial charge on any atom is -0.493 e. The van der Waals surface area contributed by atoms with Crippen molar-refractivity contribution in [3.8, 4) is 11.5 Å². The topological polar surface area (TPSA) is 64.8 Å². The summed E-state index contributed by atoms with van der Waals surface area (Å²) in [6.45, 7) is 3.12. The van der Waals surface area contributed by atoms with Gasteiger partial charge in [0.2, 0.25) is 0 Å². The molecule has 0 aliphatic carbocycles. The molecule has 0 bridgehead atoms. The van der Waals surface area contributed by atoms with Crippen LogP contribution in [0.1, 0.15) is 42.0 Å². The Balaban J connectivity index is 0.00000280. The Bertz CT molecular complexity index is 826. The molecule has 28 heavy (non-hydrogen) atoms. The van der Waals surface area contributed by atoms with Crippen molar-refractivity contribution in [2.24, 2.45) is 0 Å². The lowest BCUT2D eigenvalue weighted by Crippen LogP contribution is -2.35. The molecule has 0 amide bonds. The van der Waals surface area contributed by atoms with Crippen LogP contribution in [-0.4, -0.2) is 37.6 Å². The number of non-ortho nitro benzene ring substituents is 1. The Morgan fingerprint density at radius 2 is 1.79 bits per heavy atom. The fraction of sp³-hybridized carbons (Fsp3) is 0.429. The summed E-state index contributed by atoms with van der Waals surface area (Å²) in [5.74, 6) is 1.71. The van der Waals surface area contributed by atoms with E-state index in [9.17, 15) is 10.1 Å². The molecule has 7 heteroatoms. The van der Waals surface area contributed by atoms with Crippen LogP contribution >= 0.6 is 17.0 Å². The van der Waals surface area contributed by atoms with Gasteiger partial charge >= 0.3 is 0 Å². The number of benzene rings is 2. The number of hydrogen-bond donors (Lipinski definition) is 0. The van der Waals surface area contributed by atoms with Crippen LogP contribution in [0.5, 0.6) is 11.5 Å². The van der Waals surface area contributed by atoms with Gasteiger partial charge in [-0.25, -0.2) is 0 Å². The van der Waals surface area contributed by atoms with Gasteiger partial charge in [0, 0.05) is 30.6 Å². The summed E-state index contributed by atoms with van der Waals surface area (Å²) in [6.07, 6.45) is 1.89. The molecule has 2 unspecified atom stereocenters. The largest absolute Gasteiger partial charge is 0.493 e. The maximum absolute atomic E-state index is 11.0. The quantitative estimate of drug-likeness (QED) is 0.461. The second kappa shape index (κ2) is 9.39. The van der Waals surface area contributed by atoms with Crippen molar-refractivity contribution in [3.05, 3.63) is 63.2 Å². The number of methoxy groups -OCH3 is 2. The van der Waals surface area contributed by atoms with Crippen LogP contribution in [0.15, 0.2) is 36.4 Å². The van der Waals surface area contributed by atoms with Crippen LogP contribution in [0, 0.1) is 10.1 Å². The minimum atomic E-state index is -0.357. The molecule has 1 aliphatic heterocycles. The van der Waals surface area contributed by atoms with Gasteiger partial charge < -0.3 is 9.47 Å². The van der Waals surface area contributed by atoms with Gasteiger partial charge in [0.05, 0.1) is 19.1 Å². The Morgan fingerprint density at radius 3 is 2.32 bits per heavy atom. The summed E-state index contributed by atoms with van der Waals surface area (Å²) in [6, 6.07) is 11.3. The van der Waals surface area contributed by atoms with Crippen molar-refractivity contribution < 1.29 is 14.4 Å². The van der Waals surface area contributed by atoms with E-state index in [-0.39, 0.29) is 39.6 Å². The Hall–Kier alpha value is -2.12. The molecular formula is C21H27BrN2O4. The number of ether oxygens (including phenoxy) is 2. The molecule has 0 fully saturated rings. The van der Waals surface area contributed by atoms with Crippen molar-refractivity contribution in [2.75, 3.05) is 27.8 Å². The average Bonchev–Trinajstić information content (AvgIpc) is 2.69. The van der Waals surface area contributed by atoms with Crippen LogP contribution in [0.3, 0.4) is 0 Å². The number of halogens is 1. The third-order valence-electron chi connectivity index (χ3n) is 5.53. The zero-order valence-electron chi connectivity index (χ0n) is 16.7. The van der Waals surface area contributed by atoms with E-state index in [4.69, 9.17) is 9.47 Å².